The predicted octanol–water partition coefficient (Wildman–Crippen LogP) is 3.23. The van der Waals surface area contributed by atoms with E-state index in [4.69, 9.17) is 4.74 Å². The Bertz CT molecular complexity index is 1290. The van der Waals surface area contributed by atoms with Crippen molar-refractivity contribution in [1.29, 1.82) is 0 Å². The lowest BCUT2D eigenvalue weighted by Gasteiger charge is -2.34. The van der Waals surface area contributed by atoms with E-state index < -0.39 is 5.82 Å². The number of aryl methyl sites for hydroxylation is 1. The number of fused-ring (bicyclic) bond motifs is 1. The molecule has 34 heavy (non-hydrogen) atoms. The van der Waals surface area contributed by atoms with Gasteiger partial charge in [0, 0.05) is 26.2 Å². The number of carbonyl (C=O) groups excluding carboxylic acids is 2. The van der Waals surface area contributed by atoms with Gasteiger partial charge in [-0.05, 0) is 43.7 Å². The molecule has 2 amide bonds. The molecule has 0 unspecified atom stereocenters. The van der Waals surface area contributed by atoms with Crippen LogP contribution in [0.4, 0.5) is 9.18 Å². The smallest absolute Gasteiger partial charge is 0.409 e. The summed E-state index contributed by atoms with van der Waals surface area (Å²) in [6.45, 7) is 5.31. The highest BCUT2D eigenvalue weighted by molar-refractivity contribution is 7.99. The van der Waals surface area contributed by atoms with E-state index >= 15 is 0 Å². The minimum atomic E-state index is -0.427. The topological polar surface area (TPSA) is 84.7 Å². The number of hydrogen-bond donors (Lipinski definition) is 0. The van der Waals surface area contributed by atoms with Crippen molar-refractivity contribution < 1.29 is 18.7 Å². The molecule has 2 heterocycles. The monoisotopic (exact) mass is 484 g/mol. The third-order valence-electron chi connectivity index (χ3n) is 5.64. The number of aromatic nitrogens is 2. The van der Waals surface area contributed by atoms with Gasteiger partial charge in [0.2, 0.25) is 5.91 Å². The van der Waals surface area contributed by atoms with Crippen molar-refractivity contribution in [2.24, 2.45) is 0 Å². The summed E-state index contributed by atoms with van der Waals surface area (Å²) in [6, 6.07) is 11.5. The highest BCUT2D eigenvalue weighted by Gasteiger charge is 2.25. The molecule has 3 aromatic rings. The molecule has 0 bridgehead atoms. The van der Waals surface area contributed by atoms with Crippen LogP contribution in [0.25, 0.3) is 16.6 Å². The van der Waals surface area contributed by atoms with Crippen molar-refractivity contribution in [2.75, 3.05) is 38.5 Å². The van der Waals surface area contributed by atoms with Crippen LogP contribution < -0.4 is 5.56 Å². The Balaban J connectivity index is 1.56. The van der Waals surface area contributed by atoms with E-state index in [0.29, 0.717) is 60.1 Å². The zero-order valence-corrected chi connectivity index (χ0v) is 19.8. The van der Waals surface area contributed by atoms with Crippen molar-refractivity contribution >= 4 is 34.7 Å². The van der Waals surface area contributed by atoms with Gasteiger partial charge in [0.1, 0.15) is 5.82 Å². The van der Waals surface area contributed by atoms with Crippen LogP contribution >= 0.6 is 11.8 Å². The Morgan fingerprint density at radius 2 is 1.79 bits per heavy atom. The summed E-state index contributed by atoms with van der Waals surface area (Å²) in [5.41, 5.74) is 1.00. The van der Waals surface area contributed by atoms with Gasteiger partial charge in [-0.2, -0.15) is 0 Å². The Kier molecular flexibility index (Phi) is 7.16. The molecule has 1 saturated heterocycles. The van der Waals surface area contributed by atoms with Crippen LogP contribution in [0.3, 0.4) is 0 Å². The number of thioether (sulfide) groups is 1. The molecular weight excluding hydrogens is 459 g/mol. The zero-order valence-electron chi connectivity index (χ0n) is 19.0. The molecule has 4 rings (SSSR count). The van der Waals surface area contributed by atoms with E-state index in [2.05, 4.69) is 4.98 Å². The third kappa shape index (κ3) is 4.91. The molecule has 1 fully saturated rings. The maximum atomic E-state index is 14.3. The highest BCUT2D eigenvalue weighted by atomic mass is 32.2. The summed E-state index contributed by atoms with van der Waals surface area (Å²) in [5, 5.41) is 0.722. The number of amides is 2. The number of carbonyl (C=O) groups is 2. The molecule has 1 aromatic heterocycles. The maximum Gasteiger partial charge on any atom is 0.409 e. The van der Waals surface area contributed by atoms with E-state index in [-0.39, 0.29) is 23.3 Å². The van der Waals surface area contributed by atoms with Gasteiger partial charge in [0.15, 0.2) is 5.16 Å². The van der Waals surface area contributed by atoms with Crippen molar-refractivity contribution in [3.05, 3.63) is 64.2 Å². The maximum absolute atomic E-state index is 14.3. The molecule has 2 aromatic carbocycles. The number of nitrogens with zero attached hydrogens (tertiary/aromatic N) is 4. The fourth-order valence-corrected chi connectivity index (χ4v) is 4.64. The molecule has 0 atom stereocenters. The number of piperazine rings is 1. The van der Waals surface area contributed by atoms with Gasteiger partial charge in [-0.1, -0.05) is 30.0 Å². The molecular formula is C24H25FN4O4S. The lowest BCUT2D eigenvalue weighted by atomic mass is 10.2. The van der Waals surface area contributed by atoms with Gasteiger partial charge >= 0.3 is 6.09 Å². The van der Waals surface area contributed by atoms with E-state index in [0.717, 1.165) is 11.8 Å². The lowest BCUT2D eigenvalue weighted by molar-refractivity contribution is -0.129. The van der Waals surface area contributed by atoms with Crippen LogP contribution in [-0.4, -0.2) is 69.9 Å². The summed E-state index contributed by atoms with van der Waals surface area (Å²) < 4.78 is 20.7. The summed E-state index contributed by atoms with van der Waals surface area (Å²) in [4.78, 5) is 45.9. The first-order chi connectivity index (χ1) is 16.4. The second-order valence-electron chi connectivity index (χ2n) is 7.84. The average molecular weight is 485 g/mol. The van der Waals surface area contributed by atoms with Gasteiger partial charge < -0.3 is 14.5 Å². The van der Waals surface area contributed by atoms with Gasteiger partial charge in [-0.3, -0.25) is 14.2 Å². The minimum absolute atomic E-state index is 0.0541. The zero-order chi connectivity index (χ0) is 24.2. The van der Waals surface area contributed by atoms with Gasteiger partial charge in [-0.25, -0.2) is 14.2 Å². The molecule has 0 N–H and O–H groups in total. The van der Waals surface area contributed by atoms with Crippen LogP contribution in [0.15, 0.2) is 52.4 Å². The van der Waals surface area contributed by atoms with E-state index in [1.165, 1.54) is 10.6 Å². The Morgan fingerprint density at radius 1 is 1.09 bits per heavy atom. The Hall–Kier alpha value is -3.40. The first-order valence-electron chi connectivity index (χ1n) is 11.0. The number of benzene rings is 2. The fraction of sp³-hybridized carbons (Fsp3) is 0.333. The van der Waals surface area contributed by atoms with Crippen molar-refractivity contribution in [1.82, 2.24) is 19.4 Å². The van der Waals surface area contributed by atoms with Crippen molar-refractivity contribution in [3.8, 4) is 5.69 Å². The number of hydrogen-bond acceptors (Lipinski definition) is 6. The SMILES string of the molecule is CCOC(=O)N1CCN(C(=O)CSc2nc3ccccc3c(=O)n2-c2ccc(C)c(F)c2)CC1. The summed E-state index contributed by atoms with van der Waals surface area (Å²) in [6.07, 6.45) is -0.376. The molecule has 0 aliphatic carbocycles. The van der Waals surface area contributed by atoms with E-state index in [1.807, 2.05) is 0 Å². The molecule has 8 nitrogen and oxygen atoms in total. The molecule has 0 saturated carbocycles. The number of rotatable bonds is 5. The van der Waals surface area contributed by atoms with Crippen molar-refractivity contribution in [3.63, 3.8) is 0 Å². The standard InChI is InChI=1S/C24H25FN4O4S/c1-3-33-24(32)28-12-10-27(11-13-28)21(30)15-34-23-26-20-7-5-4-6-18(20)22(31)29(23)17-9-8-16(2)19(25)14-17/h4-9,14H,3,10-13,15H2,1-2H3. The number of halogens is 1. The Labute approximate surface area is 200 Å². The van der Waals surface area contributed by atoms with Crippen LogP contribution in [0.2, 0.25) is 0 Å². The first-order valence-corrected chi connectivity index (χ1v) is 12.0. The summed E-state index contributed by atoms with van der Waals surface area (Å²) in [7, 11) is 0. The molecule has 0 spiro atoms. The lowest BCUT2D eigenvalue weighted by Crippen LogP contribution is -2.51. The predicted molar refractivity (Wildman–Crippen MR) is 128 cm³/mol. The van der Waals surface area contributed by atoms with Crippen LogP contribution in [0, 0.1) is 12.7 Å². The second-order valence-corrected chi connectivity index (χ2v) is 8.78. The van der Waals surface area contributed by atoms with Crippen molar-refractivity contribution in [2.45, 2.75) is 19.0 Å². The number of ether oxygens (including phenoxy) is 1. The van der Waals surface area contributed by atoms with E-state index in [1.54, 1.807) is 60.0 Å². The summed E-state index contributed by atoms with van der Waals surface area (Å²) in [5.74, 6) is -0.500. The quantitative estimate of drug-likeness (QED) is 0.408. The molecule has 1 aliphatic rings. The normalized spacial score (nSPS) is 13.9. The largest absolute Gasteiger partial charge is 0.450 e. The first kappa shape index (κ1) is 23.7. The number of para-hydroxylation sites is 1. The van der Waals surface area contributed by atoms with Crippen LogP contribution in [-0.2, 0) is 9.53 Å². The van der Waals surface area contributed by atoms with Crippen LogP contribution in [0.1, 0.15) is 12.5 Å². The molecule has 0 radical (unpaired) electrons. The Morgan fingerprint density at radius 3 is 2.50 bits per heavy atom. The van der Waals surface area contributed by atoms with Crippen LogP contribution in [0.5, 0.6) is 0 Å². The molecule has 178 valence electrons. The summed E-state index contributed by atoms with van der Waals surface area (Å²) >= 11 is 1.13. The third-order valence-corrected chi connectivity index (χ3v) is 6.57. The van der Waals surface area contributed by atoms with Gasteiger partial charge in [0.25, 0.3) is 5.56 Å². The second kappa shape index (κ2) is 10.3. The fourth-order valence-electron chi connectivity index (χ4n) is 3.73. The minimum Gasteiger partial charge on any atom is -0.450 e. The molecule has 1 aliphatic heterocycles. The van der Waals surface area contributed by atoms with Gasteiger partial charge in [0.05, 0.1) is 29.0 Å². The van der Waals surface area contributed by atoms with Gasteiger partial charge in [-0.15, -0.1) is 0 Å². The average Bonchev–Trinajstić information content (AvgIpc) is 2.85. The highest BCUT2D eigenvalue weighted by Crippen LogP contribution is 2.23. The molecule has 10 heteroatoms. The van der Waals surface area contributed by atoms with E-state index in [9.17, 15) is 18.8 Å².